The van der Waals surface area contributed by atoms with Crippen LogP contribution in [0.2, 0.25) is 0 Å². The maximum Gasteiger partial charge on any atom is 0.0802 e. The van der Waals surface area contributed by atoms with Crippen molar-refractivity contribution in [1.29, 1.82) is 0 Å². The van der Waals surface area contributed by atoms with Gasteiger partial charge in [0.2, 0.25) is 0 Å². The highest BCUT2D eigenvalue weighted by Crippen LogP contribution is 2.17. The summed E-state index contributed by atoms with van der Waals surface area (Å²) in [6.45, 7) is 6.26. The Morgan fingerprint density at radius 2 is 2.20 bits per heavy atom. The Kier molecular flexibility index (Phi) is 4.43. The van der Waals surface area contributed by atoms with Crippen LogP contribution in [0.5, 0.6) is 0 Å². The van der Waals surface area contributed by atoms with Crippen molar-refractivity contribution in [2.75, 3.05) is 31.6 Å². The molecule has 0 aromatic carbocycles. The minimum atomic E-state index is 0.343. The minimum absolute atomic E-state index is 0.343. The lowest BCUT2D eigenvalue weighted by atomic mass is 10.2. The predicted octanol–water partition coefficient (Wildman–Crippen LogP) is 1.65. The number of hydrogen-bond donors (Lipinski definition) is 0. The maximum absolute atomic E-state index is 5.80. The molecule has 0 aliphatic carbocycles. The van der Waals surface area contributed by atoms with Gasteiger partial charge in [-0.1, -0.05) is 15.9 Å². The number of morpholine rings is 1. The van der Waals surface area contributed by atoms with E-state index in [0.717, 1.165) is 31.6 Å². The molecule has 3 atom stereocenters. The summed E-state index contributed by atoms with van der Waals surface area (Å²) in [5, 5.41) is 0.930. The molecule has 3 unspecified atom stereocenters. The number of nitrogens with zero attached hydrogens (tertiary/aromatic N) is 1. The Labute approximate surface area is 100 Å². The summed E-state index contributed by atoms with van der Waals surface area (Å²) >= 11 is 3.50. The fraction of sp³-hybridized carbons (Fsp3) is 1.00. The van der Waals surface area contributed by atoms with Crippen LogP contribution in [0.1, 0.15) is 19.8 Å². The third-order valence-corrected chi connectivity index (χ3v) is 3.78. The van der Waals surface area contributed by atoms with Gasteiger partial charge < -0.3 is 9.47 Å². The van der Waals surface area contributed by atoms with Crippen molar-refractivity contribution in [3.05, 3.63) is 0 Å². The van der Waals surface area contributed by atoms with Crippen LogP contribution in [0, 0.1) is 0 Å². The van der Waals surface area contributed by atoms with Gasteiger partial charge in [-0.05, 0) is 19.8 Å². The Balaban J connectivity index is 1.80. The normalized spacial score (nSPS) is 38.4. The van der Waals surface area contributed by atoms with Crippen LogP contribution in [0.15, 0.2) is 0 Å². The monoisotopic (exact) mass is 277 g/mol. The zero-order valence-corrected chi connectivity index (χ0v) is 10.9. The molecule has 0 bridgehead atoms. The Hall–Kier alpha value is 0.360. The number of ether oxygens (including phenoxy) is 2. The molecule has 2 heterocycles. The lowest BCUT2D eigenvalue weighted by molar-refractivity contribution is -0.0753. The van der Waals surface area contributed by atoms with Crippen LogP contribution in [0.25, 0.3) is 0 Å². The first-order valence-corrected chi connectivity index (χ1v) is 6.95. The lowest BCUT2D eigenvalue weighted by Crippen LogP contribution is -2.49. The van der Waals surface area contributed by atoms with E-state index in [0.29, 0.717) is 18.3 Å². The second-order valence-electron chi connectivity index (χ2n) is 4.58. The zero-order chi connectivity index (χ0) is 10.7. The SMILES string of the molecule is CC1CN(CC2CCCO2)CC(CBr)O1. The second kappa shape index (κ2) is 5.62. The molecule has 88 valence electrons. The molecule has 2 aliphatic rings. The fourth-order valence-electron chi connectivity index (χ4n) is 2.45. The first kappa shape index (κ1) is 11.8. The van der Waals surface area contributed by atoms with E-state index in [1.165, 1.54) is 12.8 Å². The van der Waals surface area contributed by atoms with Gasteiger partial charge in [0.15, 0.2) is 0 Å². The fourth-order valence-corrected chi connectivity index (χ4v) is 2.81. The topological polar surface area (TPSA) is 21.7 Å². The van der Waals surface area contributed by atoms with Crippen molar-refractivity contribution < 1.29 is 9.47 Å². The first-order chi connectivity index (χ1) is 7.28. The lowest BCUT2D eigenvalue weighted by Gasteiger charge is -2.37. The quantitative estimate of drug-likeness (QED) is 0.733. The van der Waals surface area contributed by atoms with Crippen LogP contribution >= 0.6 is 15.9 Å². The molecular formula is C11H20BrNO2. The average Bonchev–Trinajstić information content (AvgIpc) is 2.69. The summed E-state index contributed by atoms with van der Waals surface area (Å²) in [6, 6.07) is 0. The largest absolute Gasteiger partial charge is 0.377 e. The maximum atomic E-state index is 5.80. The van der Waals surface area contributed by atoms with E-state index >= 15 is 0 Å². The highest BCUT2D eigenvalue weighted by Gasteiger charge is 2.27. The Morgan fingerprint density at radius 1 is 1.33 bits per heavy atom. The molecule has 3 nitrogen and oxygen atoms in total. The zero-order valence-electron chi connectivity index (χ0n) is 9.32. The van der Waals surface area contributed by atoms with Crippen molar-refractivity contribution in [3.63, 3.8) is 0 Å². The highest BCUT2D eigenvalue weighted by molar-refractivity contribution is 9.09. The van der Waals surface area contributed by atoms with Gasteiger partial charge in [-0.2, -0.15) is 0 Å². The van der Waals surface area contributed by atoms with E-state index in [-0.39, 0.29) is 0 Å². The van der Waals surface area contributed by atoms with Gasteiger partial charge in [0.1, 0.15) is 0 Å². The summed E-state index contributed by atoms with van der Waals surface area (Å²) < 4.78 is 11.5. The van der Waals surface area contributed by atoms with Gasteiger partial charge in [0.25, 0.3) is 0 Å². The standard InChI is InChI=1S/C11H20BrNO2/c1-9-6-13(8-11(5-12)15-9)7-10-3-2-4-14-10/h9-11H,2-8H2,1H3. The van der Waals surface area contributed by atoms with Crippen LogP contribution < -0.4 is 0 Å². The van der Waals surface area contributed by atoms with Gasteiger partial charge in [-0.3, -0.25) is 4.90 Å². The van der Waals surface area contributed by atoms with Gasteiger partial charge >= 0.3 is 0 Å². The first-order valence-electron chi connectivity index (χ1n) is 5.83. The van der Waals surface area contributed by atoms with Gasteiger partial charge in [0, 0.05) is 31.6 Å². The summed E-state index contributed by atoms with van der Waals surface area (Å²) in [7, 11) is 0. The molecule has 2 rings (SSSR count). The molecule has 0 aromatic heterocycles. The van der Waals surface area contributed by atoms with E-state index in [2.05, 4.69) is 27.8 Å². The third kappa shape index (κ3) is 3.41. The van der Waals surface area contributed by atoms with Crippen molar-refractivity contribution >= 4 is 15.9 Å². The van der Waals surface area contributed by atoms with Crippen molar-refractivity contribution in [2.45, 2.75) is 38.1 Å². The van der Waals surface area contributed by atoms with Crippen LogP contribution in [0.3, 0.4) is 0 Å². The molecule has 4 heteroatoms. The predicted molar refractivity (Wildman–Crippen MR) is 63.5 cm³/mol. The van der Waals surface area contributed by atoms with Crippen molar-refractivity contribution in [3.8, 4) is 0 Å². The van der Waals surface area contributed by atoms with Crippen LogP contribution in [-0.2, 0) is 9.47 Å². The molecule has 0 saturated carbocycles. The third-order valence-electron chi connectivity index (χ3n) is 3.06. The van der Waals surface area contributed by atoms with Crippen LogP contribution in [-0.4, -0.2) is 54.8 Å². The molecule has 0 N–H and O–H groups in total. The smallest absolute Gasteiger partial charge is 0.0802 e. The molecular weight excluding hydrogens is 258 g/mol. The number of alkyl halides is 1. The second-order valence-corrected chi connectivity index (χ2v) is 5.22. The summed E-state index contributed by atoms with van der Waals surface area (Å²) in [6.07, 6.45) is 3.61. The van der Waals surface area contributed by atoms with Gasteiger partial charge in [0.05, 0.1) is 18.3 Å². The van der Waals surface area contributed by atoms with Crippen molar-refractivity contribution in [2.24, 2.45) is 0 Å². The summed E-state index contributed by atoms with van der Waals surface area (Å²) in [5.41, 5.74) is 0. The van der Waals surface area contributed by atoms with Gasteiger partial charge in [-0.15, -0.1) is 0 Å². The Morgan fingerprint density at radius 3 is 2.87 bits per heavy atom. The van der Waals surface area contributed by atoms with E-state index < -0.39 is 0 Å². The molecule has 2 saturated heterocycles. The molecule has 0 aromatic rings. The molecule has 2 fully saturated rings. The minimum Gasteiger partial charge on any atom is -0.377 e. The van der Waals surface area contributed by atoms with Gasteiger partial charge in [-0.25, -0.2) is 0 Å². The van der Waals surface area contributed by atoms with Crippen LogP contribution in [0.4, 0.5) is 0 Å². The number of halogens is 1. The summed E-state index contributed by atoms with van der Waals surface area (Å²) in [5.74, 6) is 0. The average molecular weight is 278 g/mol. The molecule has 2 aliphatic heterocycles. The Bertz CT molecular complexity index is 197. The molecule has 15 heavy (non-hydrogen) atoms. The molecule has 0 radical (unpaired) electrons. The van der Waals surface area contributed by atoms with Crippen molar-refractivity contribution in [1.82, 2.24) is 4.90 Å². The van der Waals surface area contributed by atoms with E-state index in [1.807, 2.05) is 0 Å². The molecule has 0 spiro atoms. The van der Waals surface area contributed by atoms with E-state index in [9.17, 15) is 0 Å². The van der Waals surface area contributed by atoms with E-state index in [1.54, 1.807) is 0 Å². The molecule has 0 amide bonds. The van der Waals surface area contributed by atoms with E-state index in [4.69, 9.17) is 9.47 Å². The number of rotatable bonds is 3. The number of hydrogen-bond acceptors (Lipinski definition) is 3. The highest BCUT2D eigenvalue weighted by atomic mass is 79.9. The summed E-state index contributed by atoms with van der Waals surface area (Å²) in [4.78, 5) is 2.48.